The van der Waals surface area contributed by atoms with E-state index in [1.807, 2.05) is 36.4 Å². The van der Waals surface area contributed by atoms with E-state index in [0.29, 0.717) is 21.8 Å². The van der Waals surface area contributed by atoms with Gasteiger partial charge in [0.15, 0.2) is 5.82 Å². The fourth-order valence-electron chi connectivity index (χ4n) is 4.49. The molecule has 1 unspecified atom stereocenters. The maximum absolute atomic E-state index is 13.9. The van der Waals surface area contributed by atoms with Crippen molar-refractivity contribution in [1.29, 1.82) is 0 Å². The second-order valence-electron chi connectivity index (χ2n) is 8.47. The number of benzene rings is 3. The van der Waals surface area contributed by atoms with Crippen LogP contribution in [0, 0.1) is 11.6 Å². The standard InChI is InChI=1S/C26H19ClF2N4O/c1-26(12-15-7-19(28)11-20(29)8-15)21-10-17(16-3-2-4-18(27)9-16)5-6-22(21)33(25(26)34)24-14-31-13-23(30)32-24/h2-11,13-14H,12H2,1H3,(H2,30,32). The summed E-state index contributed by atoms with van der Waals surface area (Å²) in [4.78, 5) is 23.7. The third-order valence-corrected chi connectivity index (χ3v) is 6.25. The maximum atomic E-state index is 13.9. The molecule has 1 atom stereocenters. The van der Waals surface area contributed by atoms with Gasteiger partial charge in [0.05, 0.1) is 23.5 Å². The van der Waals surface area contributed by atoms with Crippen molar-refractivity contribution >= 4 is 34.8 Å². The summed E-state index contributed by atoms with van der Waals surface area (Å²) in [6.07, 6.45) is 2.93. The molecule has 8 heteroatoms. The molecule has 0 bridgehead atoms. The van der Waals surface area contributed by atoms with Crippen molar-refractivity contribution in [2.45, 2.75) is 18.8 Å². The molecule has 0 aliphatic carbocycles. The van der Waals surface area contributed by atoms with E-state index in [-0.39, 0.29) is 24.0 Å². The Hall–Kier alpha value is -3.84. The van der Waals surface area contributed by atoms with E-state index in [9.17, 15) is 13.6 Å². The quantitative estimate of drug-likeness (QED) is 0.402. The van der Waals surface area contributed by atoms with Gasteiger partial charge < -0.3 is 5.73 Å². The van der Waals surface area contributed by atoms with Crippen LogP contribution in [0.2, 0.25) is 5.02 Å². The summed E-state index contributed by atoms with van der Waals surface area (Å²) >= 11 is 6.19. The van der Waals surface area contributed by atoms with Gasteiger partial charge in [-0.2, -0.15) is 0 Å². The van der Waals surface area contributed by atoms with Crippen LogP contribution < -0.4 is 10.6 Å². The molecule has 1 aliphatic heterocycles. The summed E-state index contributed by atoms with van der Waals surface area (Å²) < 4.78 is 27.9. The predicted octanol–water partition coefficient (Wildman–Crippen LogP) is 5.84. The van der Waals surface area contributed by atoms with Crippen LogP contribution in [0.3, 0.4) is 0 Å². The van der Waals surface area contributed by atoms with E-state index >= 15 is 0 Å². The average molecular weight is 477 g/mol. The number of anilines is 3. The zero-order valence-corrected chi connectivity index (χ0v) is 18.9. The molecule has 2 N–H and O–H groups in total. The zero-order valence-electron chi connectivity index (χ0n) is 18.1. The minimum atomic E-state index is -1.13. The van der Waals surface area contributed by atoms with Crippen LogP contribution in [0.15, 0.2) is 73.1 Å². The number of nitrogens with two attached hydrogens (primary N) is 1. The monoisotopic (exact) mass is 476 g/mol. The second kappa shape index (κ2) is 8.18. The Labute approximate surface area is 199 Å². The molecule has 0 saturated heterocycles. The van der Waals surface area contributed by atoms with E-state index in [0.717, 1.165) is 17.2 Å². The van der Waals surface area contributed by atoms with Gasteiger partial charge in [0.25, 0.3) is 0 Å². The van der Waals surface area contributed by atoms with Crippen LogP contribution in [0.4, 0.5) is 26.1 Å². The van der Waals surface area contributed by atoms with E-state index in [4.69, 9.17) is 17.3 Å². The molecule has 0 fully saturated rings. The van der Waals surface area contributed by atoms with Crippen molar-refractivity contribution in [3.8, 4) is 11.1 Å². The molecular formula is C26H19ClF2N4O. The van der Waals surface area contributed by atoms with Gasteiger partial charge in [-0.1, -0.05) is 29.8 Å². The van der Waals surface area contributed by atoms with E-state index in [1.165, 1.54) is 29.4 Å². The molecule has 1 aromatic heterocycles. The Morgan fingerprint density at radius 1 is 1.00 bits per heavy atom. The van der Waals surface area contributed by atoms with Crippen molar-refractivity contribution < 1.29 is 13.6 Å². The highest BCUT2D eigenvalue weighted by atomic mass is 35.5. The number of halogens is 3. The minimum Gasteiger partial charge on any atom is -0.382 e. The van der Waals surface area contributed by atoms with Gasteiger partial charge in [-0.05, 0) is 72.0 Å². The second-order valence-corrected chi connectivity index (χ2v) is 8.91. The number of aromatic nitrogens is 2. The summed E-state index contributed by atoms with van der Waals surface area (Å²) in [5.74, 6) is -1.25. The molecule has 170 valence electrons. The van der Waals surface area contributed by atoms with Crippen molar-refractivity contribution in [3.63, 3.8) is 0 Å². The molecule has 1 aliphatic rings. The van der Waals surface area contributed by atoms with Crippen LogP contribution in [-0.4, -0.2) is 15.9 Å². The molecule has 0 saturated carbocycles. The molecule has 4 aromatic rings. The van der Waals surface area contributed by atoms with Crippen LogP contribution in [0.1, 0.15) is 18.1 Å². The van der Waals surface area contributed by atoms with Crippen LogP contribution in [-0.2, 0) is 16.6 Å². The van der Waals surface area contributed by atoms with Gasteiger partial charge >= 0.3 is 0 Å². The number of nitrogen functional groups attached to an aromatic ring is 1. The smallest absolute Gasteiger partial charge is 0.243 e. The largest absolute Gasteiger partial charge is 0.382 e. The van der Waals surface area contributed by atoms with Gasteiger partial charge in [0, 0.05) is 11.1 Å². The summed E-state index contributed by atoms with van der Waals surface area (Å²) in [5.41, 5.74) is 8.10. The lowest BCUT2D eigenvalue weighted by atomic mass is 9.77. The number of fused-ring (bicyclic) bond motifs is 1. The highest BCUT2D eigenvalue weighted by molar-refractivity contribution is 6.30. The van der Waals surface area contributed by atoms with E-state index in [2.05, 4.69) is 9.97 Å². The summed E-state index contributed by atoms with van der Waals surface area (Å²) in [7, 11) is 0. The fourth-order valence-corrected chi connectivity index (χ4v) is 4.68. The SMILES string of the molecule is CC1(Cc2cc(F)cc(F)c2)C(=O)N(c2cncc(N)n2)c2ccc(-c3cccc(Cl)c3)cc21. The lowest BCUT2D eigenvalue weighted by Crippen LogP contribution is -2.38. The third kappa shape index (κ3) is 3.78. The molecule has 5 nitrogen and oxygen atoms in total. The lowest BCUT2D eigenvalue weighted by Gasteiger charge is -2.24. The van der Waals surface area contributed by atoms with Crippen molar-refractivity contribution in [2.75, 3.05) is 10.6 Å². The number of carbonyl (C=O) groups excluding carboxylic acids is 1. The number of hydrogen-bond acceptors (Lipinski definition) is 4. The van der Waals surface area contributed by atoms with Gasteiger partial charge in [-0.3, -0.25) is 14.7 Å². The van der Waals surface area contributed by atoms with E-state index in [1.54, 1.807) is 13.0 Å². The van der Waals surface area contributed by atoms with Crippen LogP contribution in [0.5, 0.6) is 0 Å². The lowest BCUT2D eigenvalue weighted by molar-refractivity contribution is -0.122. The van der Waals surface area contributed by atoms with Crippen molar-refractivity contribution in [3.05, 3.63) is 101 Å². The summed E-state index contributed by atoms with van der Waals surface area (Å²) in [5, 5.41) is 0.587. The van der Waals surface area contributed by atoms with Crippen LogP contribution >= 0.6 is 11.6 Å². The highest BCUT2D eigenvalue weighted by Gasteiger charge is 2.48. The number of carbonyl (C=O) groups is 1. The first-order valence-electron chi connectivity index (χ1n) is 10.5. The molecule has 0 spiro atoms. The van der Waals surface area contributed by atoms with Crippen molar-refractivity contribution in [1.82, 2.24) is 9.97 Å². The topological polar surface area (TPSA) is 72.1 Å². The Morgan fingerprint density at radius 2 is 1.74 bits per heavy atom. The van der Waals surface area contributed by atoms with E-state index < -0.39 is 17.0 Å². The Balaban J connectivity index is 1.69. The average Bonchev–Trinajstić information content (AvgIpc) is 2.99. The number of rotatable bonds is 4. The maximum Gasteiger partial charge on any atom is 0.243 e. The van der Waals surface area contributed by atoms with Gasteiger partial charge in [0.1, 0.15) is 17.5 Å². The number of hydrogen-bond donors (Lipinski definition) is 1. The molecule has 1 amide bonds. The normalized spacial score (nSPS) is 17.2. The number of amides is 1. The van der Waals surface area contributed by atoms with Gasteiger partial charge in [0.2, 0.25) is 5.91 Å². The zero-order chi connectivity index (χ0) is 24.0. The van der Waals surface area contributed by atoms with Crippen molar-refractivity contribution in [2.24, 2.45) is 0 Å². The minimum absolute atomic E-state index is 0.0821. The highest BCUT2D eigenvalue weighted by Crippen LogP contribution is 2.48. The van der Waals surface area contributed by atoms with Crippen LogP contribution in [0.25, 0.3) is 11.1 Å². The first-order valence-corrected chi connectivity index (χ1v) is 10.9. The van der Waals surface area contributed by atoms with Gasteiger partial charge in [-0.25, -0.2) is 13.8 Å². The molecule has 2 heterocycles. The Kier molecular flexibility index (Phi) is 5.29. The van der Waals surface area contributed by atoms with Gasteiger partial charge in [-0.15, -0.1) is 0 Å². The molecule has 5 rings (SSSR count). The number of nitrogens with zero attached hydrogens (tertiary/aromatic N) is 3. The first kappa shape index (κ1) is 22.0. The molecule has 0 radical (unpaired) electrons. The summed E-state index contributed by atoms with van der Waals surface area (Å²) in [6.45, 7) is 1.76. The Morgan fingerprint density at radius 3 is 2.44 bits per heavy atom. The molecule has 3 aromatic carbocycles. The Bertz CT molecular complexity index is 1420. The molecule has 34 heavy (non-hydrogen) atoms. The predicted molar refractivity (Wildman–Crippen MR) is 128 cm³/mol. The molecular weight excluding hydrogens is 458 g/mol. The fraction of sp³-hybridized carbons (Fsp3) is 0.115. The third-order valence-electron chi connectivity index (χ3n) is 6.01. The first-order chi connectivity index (χ1) is 16.2. The summed E-state index contributed by atoms with van der Waals surface area (Å²) in [6, 6.07) is 16.3.